The first kappa shape index (κ1) is 27.3. The smallest absolute Gasteiger partial charge is 0.221 e. The summed E-state index contributed by atoms with van der Waals surface area (Å²) in [5.74, 6) is 2.96. The van der Waals surface area contributed by atoms with Crippen LogP contribution in [-0.4, -0.2) is 35.4 Å². The van der Waals surface area contributed by atoms with Crippen LogP contribution in [0.3, 0.4) is 0 Å². The maximum absolute atomic E-state index is 11.1. The molecule has 0 saturated carbocycles. The second kappa shape index (κ2) is 13.7. The van der Waals surface area contributed by atoms with Crippen LogP contribution in [0.15, 0.2) is 73.2 Å². The number of amides is 2. The second-order valence-corrected chi connectivity index (χ2v) is 9.88. The first-order valence-electron chi connectivity index (χ1n) is 10.4. The summed E-state index contributed by atoms with van der Waals surface area (Å²) in [6.07, 6.45) is 0. The van der Waals surface area contributed by atoms with Gasteiger partial charge in [0.25, 0.3) is 0 Å². The molecule has 2 aromatic carbocycles. The molecule has 34 heavy (non-hydrogen) atoms. The van der Waals surface area contributed by atoms with Crippen LogP contribution in [0.5, 0.6) is 11.5 Å². The molecule has 0 aliphatic heterocycles. The first-order valence-corrected chi connectivity index (χ1v) is 12.9. The zero-order valence-corrected chi connectivity index (χ0v) is 20.8. The van der Waals surface area contributed by atoms with Crippen LogP contribution in [0.4, 0.5) is 11.4 Å². The molecule has 0 radical (unpaired) electrons. The van der Waals surface area contributed by atoms with Crippen molar-refractivity contribution >= 4 is 44.8 Å². The molecule has 0 spiro atoms. The Hall–Kier alpha value is -2.92. The lowest BCUT2D eigenvalue weighted by atomic mass is 10.3. The number of carbonyl (C=O) groups is 2. The molecule has 0 heterocycles. The van der Waals surface area contributed by atoms with E-state index in [1.54, 1.807) is 70.1 Å². The number of carbonyl (C=O) groups excluding carboxylic acids is 2. The third-order valence-electron chi connectivity index (χ3n) is 4.25. The molecule has 0 aliphatic rings. The van der Waals surface area contributed by atoms with E-state index < -0.39 is 0 Å². The Labute approximate surface area is 207 Å². The quantitative estimate of drug-likeness (QED) is 0.183. The molecule has 182 valence electrons. The molecule has 2 rings (SSSR count). The highest BCUT2D eigenvalue weighted by Crippen LogP contribution is 2.26. The summed E-state index contributed by atoms with van der Waals surface area (Å²) < 4.78 is 11.4. The third-order valence-corrected chi connectivity index (χ3v) is 6.73. The first-order chi connectivity index (χ1) is 16.1. The Bertz CT molecular complexity index is 916. The predicted octanol–water partition coefficient (Wildman–Crippen LogP) is 4.12. The van der Waals surface area contributed by atoms with Gasteiger partial charge in [0.1, 0.15) is 23.0 Å². The molecular weight excluding hydrogens is 472 g/mol. The van der Waals surface area contributed by atoms with E-state index in [0.717, 1.165) is 0 Å². The molecule has 0 bridgehead atoms. The summed E-state index contributed by atoms with van der Waals surface area (Å²) in [5.41, 5.74) is 13.7. The van der Waals surface area contributed by atoms with Crippen molar-refractivity contribution in [3.8, 4) is 11.5 Å². The Morgan fingerprint density at radius 3 is 1.38 bits per heavy atom. The minimum atomic E-state index is -0.370. The van der Waals surface area contributed by atoms with E-state index >= 15 is 0 Å². The van der Waals surface area contributed by atoms with E-state index in [0.29, 0.717) is 45.9 Å². The number of ether oxygens (including phenoxy) is 2. The summed E-state index contributed by atoms with van der Waals surface area (Å²) in [6.45, 7) is 10.7. The summed E-state index contributed by atoms with van der Waals surface area (Å²) in [4.78, 5) is 22.2. The van der Waals surface area contributed by atoms with Crippen LogP contribution in [0.25, 0.3) is 0 Å². The highest BCUT2D eigenvalue weighted by Gasteiger charge is 2.13. The monoisotopic (exact) mass is 502 g/mol. The van der Waals surface area contributed by atoms with E-state index in [-0.39, 0.29) is 23.9 Å². The molecule has 10 heteroatoms. The summed E-state index contributed by atoms with van der Waals surface area (Å²) in [7, 11) is 3.11. The van der Waals surface area contributed by atoms with E-state index in [9.17, 15) is 9.59 Å². The summed E-state index contributed by atoms with van der Waals surface area (Å²) in [6, 6.07) is 13.2. The number of hydrogen-bond donors (Lipinski definition) is 4. The molecule has 2 atom stereocenters. The van der Waals surface area contributed by atoms with Gasteiger partial charge in [-0.1, -0.05) is 34.7 Å². The average molecular weight is 503 g/mol. The van der Waals surface area contributed by atoms with Gasteiger partial charge in [0.05, 0.1) is 12.1 Å². The number of nitrogens with two attached hydrogens (primary N) is 2. The van der Waals surface area contributed by atoms with Gasteiger partial charge in [0, 0.05) is 36.7 Å². The topological polar surface area (TPSA) is 129 Å². The van der Waals surface area contributed by atoms with Gasteiger partial charge in [-0.05, 0) is 48.5 Å². The fourth-order valence-corrected chi connectivity index (χ4v) is 4.82. The van der Waals surface area contributed by atoms with E-state index in [1.165, 1.54) is 13.8 Å². The van der Waals surface area contributed by atoms with Crippen LogP contribution in [0, 0.1) is 0 Å². The molecule has 2 aromatic rings. The van der Waals surface area contributed by atoms with Crippen molar-refractivity contribution in [2.24, 2.45) is 11.5 Å². The lowest BCUT2D eigenvalue weighted by Gasteiger charge is -2.17. The largest absolute Gasteiger partial charge is 0.461 e. The van der Waals surface area contributed by atoms with Gasteiger partial charge < -0.3 is 31.6 Å². The van der Waals surface area contributed by atoms with Crippen molar-refractivity contribution in [3.05, 3.63) is 73.2 Å². The van der Waals surface area contributed by atoms with Crippen molar-refractivity contribution in [1.29, 1.82) is 0 Å². The SMILES string of the molecule is C=C(Oc1ccc(NC(C)=O)cc1)C(N)CSSCC(N)C(=C)Oc1ccc(NC(C)=O)cc1. The second-order valence-electron chi connectivity index (χ2n) is 7.33. The zero-order chi connectivity index (χ0) is 25.1. The fraction of sp³-hybridized carbons (Fsp3) is 0.250. The molecule has 0 fully saturated rings. The van der Waals surface area contributed by atoms with Crippen LogP contribution < -0.4 is 31.6 Å². The van der Waals surface area contributed by atoms with Crippen molar-refractivity contribution < 1.29 is 19.1 Å². The maximum atomic E-state index is 11.1. The Morgan fingerprint density at radius 1 is 0.765 bits per heavy atom. The number of benzene rings is 2. The number of anilines is 2. The van der Waals surface area contributed by atoms with Gasteiger partial charge in [-0.2, -0.15) is 0 Å². The Kier molecular flexibility index (Phi) is 11.0. The molecular formula is C24H30N4O4S2. The van der Waals surface area contributed by atoms with Gasteiger partial charge in [-0.3, -0.25) is 9.59 Å². The molecule has 0 aromatic heterocycles. The van der Waals surface area contributed by atoms with Gasteiger partial charge in [0.15, 0.2) is 0 Å². The maximum Gasteiger partial charge on any atom is 0.221 e. The highest BCUT2D eigenvalue weighted by atomic mass is 33.1. The zero-order valence-electron chi connectivity index (χ0n) is 19.2. The molecule has 0 aliphatic carbocycles. The van der Waals surface area contributed by atoms with Gasteiger partial charge in [0.2, 0.25) is 11.8 Å². The van der Waals surface area contributed by atoms with Crippen LogP contribution in [-0.2, 0) is 9.59 Å². The molecule has 8 nitrogen and oxygen atoms in total. The van der Waals surface area contributed by atoms with Crippen molar-refractivity contribution in [3.63, 3.8) is 0 Å². The van der Waals surface area contributed by atoms with Crippen molar-refractivity contribution in [1.82, 2.24) is 0 Å². The van der Waals surface area contributed by atoms with Gasteiger partial charge in [-0.25, -0.2) is 0 Å². The molecule has 2 unspecified atom stereocenters. The number of hydrogen-bond acceptors (Lipinski definition) is 8. The normalized spacial score (nSPS) is 12.2. The van der Waals surface area contributed by atoms with E-state index in [1.807, 2.05) is 0 Å². The number of nitrogens with one attached hydrogen (secondary N) is 2. The number of rotatable bonds is 13. The standard InChI is InChI=1S/C24H30N4O4S2/c1-15(31-21-9-5-19(6-10-21)27-17(3)29)23(25)13-33-34-14-24(26)16(2)32-22-11-7-20(8-12-22)28-18(4)30/h5-12,23-24H,1-2,13-14,25-26H2,3-4H3,(H,27,29)(H,28,30). The summed E-state index contributed by atoms with van der Waals surface area (Å²) >= 11 is 0. The van der Waals surface area contributed by atoms with Crippen LogP contribution in [0.2, 0.25) is 0 Å². The van der Waals surface area contributed by atoms with Gasteiger partial charge >= 0.3 is 0 Å². The van der Waals surface area contributed by atoms with Crippen LogP contribution in [0.1, 0.15) is 13.8 Å². The average Bonchev–Trinajstić information content (AvgIpc) is 2.78. The lowest BCUT2D eigenvalue weighted by Crippen LogP contribution is -2.29. The lowest BCUT2D eigenvalue weighted by molar-refractivity contribution is -0.115. The predicted molar refractivity (Wildman–Crippen MR) is 142 cm³/mol. The fourth-order valence-electron chi connectivity index (χ4n) is 2.50. The van der Waals surface area contributed by atoms with Gasteiger partial charge in [-0.15, -0.1) is 0 Å². The Morgan fingerprint density at radius 2 is 1.09 bits per heavy atom. The molecule has 2 amide bonds. The summed E-state index contributed by atoms with van der Waals surface area (Å²) in [5, 5.41) is 5.39. The molecule has 6 N–H and O–H groups in total. The minimum absolute atomic E-state index is 0.137. The van der Waals surface area contributed by atoms with E-state index in [4.69, 9.17) is 20.9 Å². The van der Waals surface area contributed by atoms with Crippen molar-refractivity contribution in [2.45, 2.75) is 25.9 Å². The third kappa shape index (κ3) is 9.92. The van der Waals surface area contributed by atoms with E-state index in [2.05, 4.69) is 23.8 Å². The highest BCUT2D eigenvalue weighted by molar-refractivity contribution is 8.76. The minimum Gasteiger partial charge on any atom is -0.461 e. The van der Waals surface area contributed by atoms with Crippen molar-refractivity contribution in [2.75, 3.05) is 22.1 Å². The van der Waals surface area contributed by atoms with Crippen LogP contribution >= 0.6 is 21.6 Å². The molecule has 0 saturated heterocycles. The Balaban J connectivity index is 1.68.